The van der Waals surface area contributed by atoms with E-state index >= 15 is 0 Å². The van der Waals surface area contributed by atoms with Crippen molar-refractivity contribution in [2.24, 2.45) is 0 Å². The molecule has 0 amide bonds. The van der Waals surface area contributed by atoms with Crippen LogP contribution in [0.2, 0.25) is 0 Å². The first-order valence-corrected chi connectivity index (χ1v) is 5.97. The van der Waals surface area contributed by atoms with E-state index in [-0.39, 0.29) is 5.97 Å². The first-order chi connectivity index (χ1) is 8.65. The van der Waals surface area contributed by atoms with Crippen LogP contribution in [0.15, 0.2) is 48.7 Å². The van der Waals surface area contributed by atoms with Crippen molar-refractivity contribution >= 4 is 16.7 Å². The van der Waals surface area contributed by atoms with E-state index in [1.54, 1.807) is 0 Å². The Labute approximate surface area is 107 Å². The van der Waals surface area contributed by atoms with Gasteiger partial charge in [-0.05, 0) is 35.8 Å². The van der Waals surface area contributed by atoms with Gasteiger partial charge in [0.15, 0.2) is 0 Å². The molecule has 0 bridgehead atoms. The average molecular weight is 240 g/mol. The number of fused-ring (bicyclic) bond motifs is 1. The monoisotopic (exact) mass is 240 g/mol. The van der Waals surface area contributed by atoms with Gasteiger partial charge in [0.2, 0.25) is 0 Å². The first kappa shape index (κ1) is 12.4. The van der Waals surface area contributed by atoms with Crippen LogP contribution in [-0.2, 0) is 16.0 Å². The number of benzene rings is 2. The summed E-state index contributed by atoms with van der Waals surface area (Å²) in [6.45, 7) is 3.48. The van der Waals surface area contributed by atoms with Crippen LogP contribution in [0.4, 0.5) is 0 Å². The first-order valence-electron chi connectivity index (χ1n) is 5.97. The smallest absolute Gasteiger partial charge is 0.307 e. The second-order valence-corrected chi connectivity index (χ2v) is 4.37. The van der Waals surface area contributed by atoms with Crippen molar-refractivity contribution in [3.8, 4) is 0 Å². The zero-order valence-electron chi connectivity index (χ0n) is 10.6. The fourth-order valence-electron chi connectivity index (χ4n) is 1.87. The Morgan fingerprint density at radius 1 is 1.17 bits per heavy atom. The minimum absolute atomic E-state index is 0.291. The van der Waals surface area contributed by atoms with E-state index in [1.165, 1.54) is 35.1 Å². The summed E-state index contributed by atoms with van der Waals surface area (Å²) in [5, 5.41) is 2.49. The van der Waals surface area contributed by atoms with Gasteiger partial charge < -0.3 is 4.74 Å². The fraction of sp³-hybridized carbons (Fsp3) is 0.188. The Hall–Kier alpha value is -2.09. The zero-order chi connectivity index (χ0) is 13.0. The fourth-order valence-corrected chi connectivity index (χ4v) is 1.87. The van der Waals surface area contributed by atoms with Gasteiger partial charge in [0.1, 0.15) is 0 Å². The van der Waals surface area contributed by atoms with E-state index in [0.717, 1.165) is 6.42 Å². The number of hydrogen-bond donors (Lipinski definition) is 0. The molecule has 92 valence electrons. The predicted molar refractivity (Wildman–Crippen MR) is 73.3 cm³/mol. The summed E-state index contributed by atoms with van der Waals surface area (Å²) in [4.78, 5) is 10.6. The number of ether oxygens (including phenoxy) is 1. The molecule has 0 radical (unpaired) electrons. The summed E-state index contributed by atoms with van der Waals surface area (Å²) < 4.78 is 4.75. The lowest BCUT2D eigenvalue weighted by molar-refractivity contribution is -0.135. The number of rotatable bonds is 3. The van der Waals surface area contributed by atoms with Gasteiger partial charge in [-0.3, -0.25) is 4.79 Å². The molecule has 0 fully saturated rings. The van der Waals surface area contributed by atoms with Crippen molar-refractivity contribution in [1.82, 2.24) is 0 Å². The number of carbonyl (C=O) groups is 1. The molecule has 0 spiro atoms. The van der Waals surface area contributed by atoms with Crippen LogP contribution in [0, 0.1) is 6.92 Å². The Bertz CT molecular complexity index is 597. The van der Waals surface area contributed by atoms with Gasteiger partial charge in [-0.25, -0.2) is 0 Å². The van der Waals surface area contributed by atoms with Gasteiger partial charge in [-0.15, -0.1) is 0 Å². The third kappa shape index (κ3) is 3.20. The SMILES string of the molecule is CC(=O)OC=CCc1ccc2cc(C)ccc2c1. The van der Waals surface area contributed by atoms with Gasteiger partial charge in [0.05, 0.1) is 6.26 Å². The molecular weight excluding hydrogens is 224 g/mol. The maximum atomic E-state index is 10.6. The maximum Gasteiger partial charge on any atom is 0.307 e. The molecule has 0 aliphatic rings. The second kappa shape index (κ2) is 5.50. The highest BCUT2D eigenvalue weighted by Gasteiger charge is 1.96. The van der Waals surface area contributed by atoms with Gasteiger partial charge in [0.25, 0.3) is 0 Å². The predicted octanol–water partition coefficient (Wildman–Crippen LogP) is 3.77. The molecule has 0 saturated carbocycles. The van der Waals surface area contributed by atoms with Gasteiger partial charge in [0, 0.05) is 6.92 Å². The Kier molecular flexibility index (Phi) is 3.78. The minimum Gasteiger partial charge on any atom is -0.435 e. The molecule has 2 rings (SSSR count). The van der Waals surface area contributed by atoms with Crippen LogP contribution < -0.4 is 0 Å². The minimum atomic E-state index is -0.291. The zero-order valence-corrected chi connectivity index (χ0v) is 10.6. The lowest BCUT2D eigenvalue weighted by atomic mass is 10.0. The molecule has 0 N–H and O–H groups in total. The molecular formula is C16H16O2. The van der Waals surface area contributed by atoms with E-state index < -0.39 is 0 Å². The van der Waals surface area contributed by atoms with Crippen molar-refractivity contribution in [3.05, 3.63) is 59.9 Å². The Balaban J connectivity index is 2.13. The quantitative estimate of drug-likeness (QED) is 0.603. The van der Waals surface area contributed by atoms with Gasteiger partial charge >= 0.3 is 5.97 Å². The number of carbonyl (C=O) groups excluding carboxylic acids is 1. The molecule has 0 aliphatic heterocycles. The normalized spacial score (nSPS) is 11.0. The summed E-state index contributed by atoms with van der Waals surface area (Å²) >= 11 is 0. The van der Waals surface area contributed by atoms with Crippen molar-refractivity contribution in [2.45, 2.75) is 20.3 Å². The van der Waals surface area contributed by atoms with Crippen molar-refractivity contribution in [2.75, 3.05) is 0 Å². The van der Waals surface area contributed by atoms with Crippen LogP contribution in [0.1, 0.15) is 18.1 Å². The highest BCUT2D eigenvalue weighted by Crippen LogP contribution is 2.18. The molecule has 0 aliphatic carbocycles. The van der Waals surface area contributed by atoms with E-state index in [4.69, 9.17) is 4.74 Å². The highest BCUT2D eigenvalue weighted by molar-refractivity contribution is 5.83. The standard InChI is InChI=1S/C16H16O2/c1-12-5-7-16-11-14(6-8-15(16)10-12)4-3-9-18-13(2)17/h3,5-11H,4H2,1-2H3. The average Bonchev–Trinajstić information content (AvgIpc) is 2.34. The second-order valence-electron chi connectivity index (χ2n) is 4.37. The lowest BCUT2D eigenvalue weighted by Crippen LogP contribution is -1.90. The van der Waals surface area contributed by atoms with Crippen LogP contribution >= 0.6 is 0 Å². The van der Waals surface area contributed by atoms with E-state index in [2.05, 4.69) is 43.3 Å². The molecule has 2 aromatic rings. The summed E-state index contributed by atoms with van der Waals surface area (Å²) in [6, 6.07) is 12.8. The molecule has 0 saturated heterocycles. The number of esters is 1. The Morgan fingerprint density at radius 2 is 1.89 bits per heavy atom. The molecule has 0 aromatic heterocycles. The summed E-state index contributed by atoms with van der Waals surface area (Å²) in [6.07, 6.45) is 4.05. The van der Waals surface area contributed by atoms with Crippen molar-refractivity contribution in [3.63, 3.8) is 0 Å². The largest absolute Gasteiger partial charge is 0.435 e. The molecule has 2 nitrogen and oxygen atoms in total. The molecule has 0 heterocycles. The highest BCUT2D eigenvalue weighted by atomic mass is 16.5. The number of hydrogen-bond acceptors (Lipinski definition) is 2. The van der Waals surface area contributed by atoms with Gasteiger partial charge in [-0.1, -0.05) is 42.0 Å². The van der Waals surface area contributed by atoms with Crippen LogP contribution in [0.3, 0.4) is 0 Å². The van der Waals surface area contributed by atoms with Gasteiger partial charge in [-0.2, -0.15) is 0 Å². The van der Waals surface area contributed by atoms with Crippen LogP contribution in [0.25, 0.3) is 10.8 Å². The summed E-state index contributed by atoms with van der Waals surface area (Å²) in [5.41, 5.74) is 2.47. The van der Waals surface area contributed by atoms with E-state index in [0.29, 0.717) is 0 Å². The van der Waals surface area contributed by atoms with E-state index in [1.807, 2.05) is 6.08 Å². The molecule has 2 heteroatoms. The third-order valence-corrected chi connectivity index (χ3v) is 2.74. The molecule has 0 unspecified atom stereocenters. The van der Waals surface area contributed by atoms with Crippen molar-refractivity contribution < 1.29 is 9.53 Å². The van der Waals surface area contributed by atoms with Crippen LogP contribution in [0.5, 0.6) is 0 Å². The number of aryl methyl sites for hydroxylation is 1. The number of allylic oxidation sites excluding steroid dienone is 1. The van der Waals surface area contributed by atoms with E-state index in [9.17, 15) is 4.79 Å². The third-order valence-electron chi connectivity index (χ3n) is 2.74. The summed E-state index contributed by atoms with van der Waals surface area (Å²) in [7, 11) is 0. The lowest BCUT2D eigenvalue weighted by Gasteiger charge is -2.02. The topological polar surface area (TPSA) is 26.3 Å². The molecule has 18 heavy (non-hydrogen) atoms. The van der Waals surface area contributed by atoms with Crippen LogP contribution in [-0.4, -0.2) is 5.97 Å². The Morgan fingerprint density at radius 3 is 2.67 bits per heavy atom. The van der Waals surface area contributed by atoms with Crippen molar-refractivity contribution in [1.29, 1.82) is 0 Å². The molecule has 2 aromatic carbocycles. The molecule has 0 atom stereocenters. The summed E-state index contributed by atoms with van der Waals surface area (Å²) in [5.74, 6) is -0.291. The maximum absolute atomic E-state index is 10.6.